The predicted molar refractivity (Wildman–Crippen MR) is 251 cm³/mol. The normalized spacial score (nSPS) is 12.7. The molecule has 0 aliphatic carbocycles. The van der Waals surface area contributed by atoms with Gasteiger partial charge in [0, 0.05) is 19.4 Å². The van der Waals surface area contributed by atoms with E-state index in [1.807, 2.05) is 0 Å². The summed E-state index contributed by atoms with van der Waals surface area (Å²) in [5, 5.41) is 0. The second-order valence-electron chi connectivity index (χ2n) is 16.3. The van der Waals surface area contributed by atoms with E-state index in [9.17, 15) is 9.59 Å². The summed E-state index contributed by atoms with van der Waals surface area (Å²) in [5.41, 5.74) is 0. The van der Waals surface area contributed by atoms with E-state index in [2.05, 4.69) is 81.5 Å². The molecule has 58 heavy (non-hydrogen) atoms. The van der Waals surface area contributed by atoms with Gasteiger partial charge in [-0.25, -0.2) is 0 Å². The van der Waals surface area contributed by atoms with Crippen molar-refractivity contribution < 1.29 is 23.8 Å². The van der Waals surface area contributed by atoms with Gasteiger partial charge in [-0.2, -0.15) is 0 Å². The van der Waals surface area contributed by atoms with Crippen molar-refractivity contribution in [3.05, 3.63) is 60.8 Å². The molecule has 5 nitrogen and oxygen atoms in total. The molecule has 0 heterocycles. The predicted octanol–water partition coefficient (Wildman–Crippen LogP) is 16.6. The van der Waals surface area contributed by atoms with Gasteiger partial charge in [0.1, 0.15) is 6.61 Å². The fourth-order valence-electron chi connectivity index (χ4n) is 6.85. The van der Waals surface area contributed by atoms with Gasteiger partial charge in [-0.05, 0) is 83.5 Å². The highest BCUT2D eigenvalue weighted by Crippen LogP contribution is 2.14. The summed E-state index contributed by atoms with van der Waals surface area (Å²) >= 11 is 0. The molecule has 0 fully saturated rings. The molecule has 336 valence electrons. The van der Waals surface area contributed by atoms with E-state index in [1.165, 1.54) is 116 Å². The van der Waals surface area contributed by atoms with Crippen molar-refractivity contribution in [1.29, 1.82) is 0 Å². The highest BCUT2D eigenvalue weighted by Gasteiger charge is 2.17. The molecule has 0 aromatic rings. The van der Waals surface area contributed by atoms with Crippen molar-refractivity contribution in [3.8, 4) is 0 Å². The monoisotopic (exact) mass is 811 g/mol. The zero-order valence-corrected chi connectivity index (χ0v) is 38.6. The van der Waals surface area contributed by atoms with Gasteiger partial charge in [-0.1, -0.05) is 204 Å². The second-order valence-corrected chi connectivity index (χ2v) is 16.3. The second kappa shape index (κ2) is 49.0. The topological polar surface area (TPSA) is 61.8 Å². The molecule has 0 rings (SSSR count). The van der Waals surface area contributed by atoms with Gasteiger partial charge in [0.15, 0.2) is 6.10 Å². The fourth-order valence-corrected chi connectivity index (χ4v) is 6.85. The number of carbonyl (C=O) groups excluding carboxylic acids is 2. The summed E-state index contributed by atoms with van der Waals surface area (Å²) in [6, 6.07) is 0. The third-order valence-electron chi connectivity index (χ3n) is 10.5. The molecule has 0 saturated heterocycles. The van der Waals surface area contributed by atoms with Crippen LogP contribution in [0.5, 0.6) is 0 Å². The van der Waals surface area contributed by atoms with Crippen molar-refractivity contribution in [3.63, 3.8) is 0 Å². The fraction of sp³-hybridized carbons (Fsp3) is 0.774. The summed E-state index contributed by atoms with van der Waals surface area (Å²) in [7, 11) is 0. The molecule has 1 atom stereocenters. The van der Waals surface area contributed by atoms with E-state index < -0.39 is 6.10 Å². The van der Waals surface area contributed by atoms with Crippen LogP contribution in [0.4, 0.5) is 0 Å². The molecule has 5 heteroatoms. The lowest BCUT2D eigenvalue weighted by Gasteiger charge is -2.18. The molecular weight excluding hydrogens is 717 g/mol. The van der Waals surface area contributed by atoms with Crippen LogP contribution >= 0.6 is 0 Å². The zero-order valence-electron chi connectivity index (χ0n) is 38.6. The van der Waals surface area contributed by atoms with E-state index in [1.54, 1.807) is 0 Å². The lowest BCUT2D eigenvalue weighted by atomic mass is 10.0. The van der Waals surface area contributed by atoms with E-state index >= 15 is 0 Å². The van der Waals surface area contributed by atoms with Crippen LogP contribution < -0.4 is 0 Å². The van der Waals surface area contributed by atoms with Crippen LogP contribution in [-0.4, -0.2) is 37.9 Å². The Bertz CT molecular complexity index is 1010. The number of hydrogen-bond donors (Lipinski definition) is 0. The third kappa shape index (κ3) is 46.3. The molecule has 0 N–H and O–H groups in total. The van der Waals surface area contributed by atoms with Crippen LogP contribution in [0.25, 0.3) is 0 Å². The quantitative estimate of drug-likeness (QED) is 0.0348. The lowest BCUT2D eigenvalue weighted by Crippen LogP contribution is -2.30. The van der Waals surface area contributed by atoms with Crippen LogP contribution in [0.15, 0.2) is 60.8 Å². The van der Waals surface area contributed by atoms with Crippen LogP contribution in [0.1, 0.15) is 239 Å². The number of ether oxygens (including phenoxy) is 3. The highest BCUT2D eigenvalue weighted by molar-refractivity contribution is 5.70. The molecular formula is C53H94O5. The average molecular weight is 811 g/mol. The zero-order chi connectivity index (χ0) is 42.1. The van der Waals surface area contributed by atoms with E-state index in [0.717, 1.165) is 89.9 Å². The van der Waals surface area contributed by atoms with Crippen molar-refractivity contribution in [2.24, 2.45) is 0 Å². The first-order chi connectivity index (χ1) is 28.6. The molecule has 0 aromatic carbocycles. The molecule has 0 aliphatic heterocycles. The molecule has 0 bridgehead atoms. The van der Waals surface area contributed by atoms with Gasteiger partial charge in [-0.3, -0.25) is 9.59 Å². The first-order valence-corrected chi connectivity index (χ1v) is 24.8. The number of unbranched alkanes of at least 4 members (excludes halogenated alkanes) is 24. The highest BCUT2D eigenvalue weighted by atomic mass is 16.6. The van der Waals surface area contributed by atoms with Crippen molar-refractivity contribution >= 4 is 11.9 Å². The van der Waals surface area contributed by atoms with Gasteiger partial charge in [0.2, 0.25) is 0 Å². The molecule has 0 aromatic heterocycles. The van der Waals surface area contributed by atoms with Gasteiger partial charge in [-0.15, -0.1) is 0 Å². The summed E-state index contributed by atoms with van der Waals surface area (Å²) in [6.07, 6.45) is 60.8. The Morgan fingerprint density at radius 1 is 0.397 bits per heavy atom. The first kappa shape index (κ1) is 55.6. The Kier molecular flexibility index (Phi) is 46.9. The Balaban J connectivity index is 4.31. The maximum absolute atomic E-state index is 12.7. The maximum Gasteiger partial charge on any atom is 0.306 e. The van der Waals surface area contributed by atoms with E-state index in [4.69, 9.17) is 14.2 Å². The average Bonchev–Trinajstić information content (AvgIpc) is 3.22. The number of hydrogen-bond acceptors (Lipinski definition) is 5. The Morgan fingerprint density at radius 3 is 1.29 bits per heavy atom. The standard InChI is InChI=1S/C53H94O5/c1-4-7-10-13-16-19-22-25-27-29-31-34-37-40-43-46-52(54)57-50-51(49-56-48-45-42-39-36-33-30-26-23-20-17-14-11-8-5-2)58-53(55)47-44-41-38-35-32-28-24-21-18-15-12-9-6-3/h9,12,16,18-19,21,25,27-28,32,51H,4-8,10-11,13-15,17,20,22-24,26,29-31,33-50H2,1-3H3/b12-9-,19-16-,21-18-,27-25-,32-28-. The minimum absolute atomic E-state index is 0.0672. The minimum Gasteiger partial charge on any atom is -0.462 e. The number of esters is 2. The number of allylic oxidation sites excluding steroid dienone is 10. The van der Waals surface area contributed by atoms with Crippen LogP contribution in [0.2, 0.25) is 0 Å². The smallest absolute Gasteiger partial charge is 0.306 e. The molecule has 0 spiro atoms. The SMILES string of the molecule is CC/C=C\C/C=C\C/C=C\CCCCCC(=O)OC(COCCCCCCCCCCCCCCCC)COC(=O)CCCCCCC/C=C\C/C=C\CCCCC. The van der Waals surface area contributed by atoms with Crippen LogP contribution in [0.3, 0.4) is 0 Å². The van der Waals surface area contributed by atoms with Gasteiger partial charge in [0.05, 0.1) is 6.61 Å². The van der Waals surface area contributed by atoms with Crippen LogP contribution in [-0.2, 0) is 23.8 Å². The molecule has 1 unspecified atom stereocenters. The summed E-state index contributed by atoms with van der Waals surface area (Å²) in [6.45, 7) is 7.66. The van der Waals surface area contributed by atoms with Gasteiger partial charge in [0.25, 0.3) is 0 Å². The summed E-state index contributed by atoms with van der Waals surface area (Å²) < 4.78 is 17.3. The lowest BCUT2D eigenvalue weighted by molar-refractivity contribution is -0.163. The maximum atomic E-state index is 12.7. The number of carbonyl (C=O) groups is 2. The first-order valence-electron chi connectivity index (χ1n) is 24.8. The van der Waals surface area contributed by atoms with E-state index in [0.29, 0.717) is 19.4 Å². The van der Waals surface area contributed by atoms with Gasteiger partial charge >= 0.3 is 11.9 Å². The Labute approximate surface area is 360 Å². The molecule has 0 saturated carbocycles. The third-order valence-corrected chi connectivity index (χ3v) is 10.5. The molecule has 0 radical (unpaired) electrons. The summed E-state index contributed by atoms with van der Waals surface area (Å²) in [4.78, 5) is 25.3. The Morgan fingerprint density at radius 2 is 0.776 bits per heavy atom. The Hall–Kier alpha value is -2.40. The van der Waals surface area contributed by atoms with Crippen molar-refractivity contribution in [1.82, 2.24) is 0 Å². The van der Waals surface area contributed by atoms with Crippen LogP contribution in [0, 0.1) is 0 Å². The minimum atomic E-state index is -0.554. The van der Waals surface area contributed by atoms with Gasteiger partial charge < -0.3 is 14.2 Å². The molecule has 0 aliphatic rings. The largest absolute Gasteiger partial charge is 0.462 e. The van der Waals surface area contributed by atoms with Crippen molar-refractivity contribution in [2.75, 3.05) is 19.8 Å². The number of rotatable bonds is 45. The molecule has 0 amide bonds. The van der Waals surface area contributed by atoms with E-state index in [-0.39, 0.29) is 25.2 Å². The summed E-state index contributed by atoms with van der Waals surface area (Å²) in [5.74, 6) is -0.441. The van der Waals surface area contributed by atoms with Crippen molar-refractivity contribution in [2.45, 2.75) is 245 Å².